The van der Waals surface area contributed by atoms with Crippen molar-refractivity contribution in [3.05, 3.63) is 24.3 Å². The van der Waals surface area contributed by atoms with Gasteiger partial charge in [-0.05, 0) is 58.6 Å². The number of nitrogens with zero attached hydrogens (tertiary/aromatic N) is 1. The van der Waals surface area contributed by atoms with Gasteiger partial charge in [-0.3, -0.25) is 4.79 Å². The first-order chi connectivity index (χ1) is 12.3. The average Bonchev–Trinajstić information content (AvgIpc) is 2.58. The standard InChI is InChI=1S/C20H31N3O3/c1-20(2,3)26-19(25)21-13-9-12-18(24)22-16-10-5-6-11-17(16)23-14-7-4-8-15-23/h5-6,10-11H,4,7-9,12-15H2,1-3H3,(H,21,25)(H,22,24). The lowest BCUT2D eigenvalue weighted by atomic mass is 10.1. The SMILES string of the molecule is CC(C)(C)OC(=O)NCCCC(=O)Nc1ccccc1N1CCCCC1. The number of rotatable bonds is 6. The third kappa shape index (κ3) is 6.94. The van der Waals surface area contributed by atoms with Crippen LogP contribution in [0.25, 0.3) is 0 Å². The number of anilines is 2. The van der Waals surface area contributed by atoms with Gasteiger partial charge in [0.1, 0.15) is 5.60 Å². The molecule has 0 unspecified atom stereocenters. The Labute approximate surface area is 156 Å². The monoisotopic (exact) mass is 361 g/mol. The third-order valence-electron chi connectivity index (χ3n) is 4.12. The minimum absolute atomic E-state index is 0.0413. The second kappa shape index (κ2) is 9.46. The number of ether oxygens (including phenoxy) is 1. The maximum absolute atomic E-state index is 12.2. The summed E-state index contributed by atoms with van der Waals surface area (Å²) in [5.41, 5.74) is 1.44. The molecule has 0 spiro atoms. The molecule has 1 aromatic rings. The smallest absolute Gasteiger partial charge is 0.407 e. The zero-order chi connectivity index (χ0) is 19.0. The molecule has 2 rings (SSSR count). The fraction of sp³-hybridized carbons (Fsp3) is 0.600. The topological polar surface area (TPSA) is 70.7 Å². The van der Waals surface area contributed by atoms with Crippen molar-refractivity contribution in [2.45, 2.75) is 58.5 Å². The van der Waals surface area contributed by atoms with E-state index in [-0.39, 0.29) is 5.91 Å². The van der Waals surface area contributed by atoms with E-state index in [9.17, 15) is 9.59 Å². The van der Waals surface area contributed by atoms with Gasteiger partial charge >= 0.3 is 6.09 Å². The highest BCUT2D eigenvalue weighted by atomic mass is 16.6. The van der Waals surface area contributed by atoms with Gasteiger partial charge in [-0.15, -0.1) is 0 Å². The minimum atomic E-state index is -0.514. The highest BCUT2D eigenvalue weighted by Crippen LogP contribution is 2.28. The van der Waals surface area contributed by atoms with Crippen molar-refractivity contribution in [1.29, 1.82) is 0 Å². The fourth-order valence-electron chi connectivity index (χ4n) is 2.96. The van der Waals surface area contributed by atoms with Gasteiger partial charge in [0.05, 0.1) is 11.4 Å². The number of para-hydroxylation sites is 2. The van der Waals surface area contributed by atoms with Crippen LogP contribution in [0.15, 0.2) is 24.3 Å². The van der Waals surface area contributed by atoms with E-state index in [4.69, 9.17) is 4.74 Å². The second-order valence-corrected chi connectivity index (χ2v) is 7.65. The molecule has 26 heavy (non-hydrogen) atoms. The molecule has 0 atom stereocenters. The molecule has 6 nitrogen and oxygen atoms in total. The molecule has 1 aliphatic heterocycles. The zero-order valence-corrected chi connectivity index (χ0v) is 16.1. The van der Waals surface area contributed by atoms with Crippen molar-refractivity contribution in [3.63, 3.8) is 0 Å². The Balaban J connectivity index is 1.77. The number of hydrogen-bond acceptors (Lipinski definition) is 4. The lowest BCUT2D eigenvalue weighted by Crippen LogP contribution is -2.33. The van der Waals surface area contributed by atoms with Gasteiger partial charge in [0.2, 0.25) is 5.91 Å². The number of amides is 2. The second-order valence-electron chi connectivity index (χ2n) is 7.65. The highest BCUT2D eigenvalue weighted by Gasteiger charge is 2.17. The maximum Gasteiger partial charge on any atom is 0.407 e. The van der Waals surface area contributed by atoms with Gasteiger partial charge in [0.25, 0.3) is 0 Å². The van der Waals surface area contributed by atoms with E-state index in [0.29, 0.717) is 19.4 Å². The van der Waals surface area contributed by atoms with E-state index in [1.165, 1.54) is 19.3 Å². The van der Waals surface area contributed by atoms with Gasteiger partial charge < -0.3 is 20.3 Å². The van der Waals surface area contributed by atoms with E-state index in [0.717, 1.165) is 24.5 Å². The summed E-state index contributed by atoms with van der Waals surface area (Å²) in [4.78, 5) is 26.2. The summed E-state index contributed by atoms with van der Waals surface area (Å²) >= 11 is 0. The molecule has 0 aromatic heterocycles. The molecule has 1 saturated heterocycles. The average molecular weight is 361 g/mol. The Morgan fingerprint density at radius 3 is 2.50 bits per heavy atom. The van der Waals surface area contributed by atoms with Crippen molar-refractivity contribution in [3.8, 4) is 0 Å². The fourth-order valence-corrected chi connectivity index (χ4v) is 2.96. The number of hydrogen-bond donors (Lipinski definition) is 2. The Hall–Kier alpha value is -2.24. The summed E-state index contributed by atoms with van der Waals surface area (Å²) in [5, 5.41) is 5.68. The van der Waals surface area contributed by atoms with Crippen LogP contribution >= 0.6 is 0 Å². The molecular formula is C20H31N3O3. The molecule has 0 saturated carbocycles. The van der Waals surface area contributed by atoms with Crippen LogP contribution in [0.5, 0.6) is 0 Å². The summed E-state index contributed by atoms with van der Waals surface area (Å²) in [6, 6.07) is 7.95. The van der Waals surface area contributed by atoms with Gasteiger partial charge in [0, 0.05) is 26.1 Å². The number of carbonyl (C=O) groups excluding carboxylic acids is 2. The van der Waals surface area contributed by atoms with Gasteiger partial charge in [-0.2, -0.15) is 0 Å². The summed E-state index contributed by atoms with van der Waals surface area (Å²) in [6.45, 7) is 7.94. The van der Waals surface area contributed by atoms with Gasteiger partial charge in [-0.25, -0.2) is 4.79 Å². The van der Waals surface area contributed by atoms with Crippen molar-refractivity contribution < 1.29 is 14.3 Å². The summed E-state index contributed by atoms with van der Waals surface area (Å²) in [5.74, 6) is -0.0413. The molecule has 0 bridgehead atoms. The normalized spacial score (nSPS) is 14.7. The number of nitrogens with one attached hydrogen (secondary N) is 2. The Kier molecular flexibility index (Phi) is 7.30. The Morgan fingerprint density at radius 1 is 1.12 bits per heavy atom. The van der Waals surface area contributed by atoms with Crippen LogP contribution in [0, 0.1) is 0 Å². The number of alkyl carbamates (subject to hydrolysis) is 1. The zero-order valence-electron chi connectivity index (χ0n) is 16.1. The molecule has 1 fully saturated rings. The summed E-state index contributed by atoms with van der Waals surface area (Å²) < 4.78 is 5.17. The first-order valence-electron chi connectivity index (χ1n) is 9.46. The number of benzene rings is 1. The highest BCUT2D eigenvalue weighted by molar-refractivity contribution is 5.94. The van der Waals surface area contributed by atoms with E-state index < -0.39 is 11.7 Å². The van der Waals surface area contributed by atoms with Crippen LogP contribution in [-0.4, -0.2) is 37.2 Å². The quantitative estimate of drug-likeness (QED) is 0.754. The Morgan fingerprint density at radius 2 is 1.81 bits per heavy atom. The number of piperidine rings is 1. The molecule has 0 radical (unpaired) electrons. The molecule has 6 heteroatoms. The first kappa shape index (κ1) is 20.1. The van der Waals surface area contributed by atoms with E-state index in [1.54, 1.807) is 0 Å². The van der Waals surface area contributed by atoms with Crippen LogP contribution in [-0.2, 0) is 9.53 Å². The van der Waals surface area contributed by atoms with E-state index in [1.807, 2.05) is 39.0 Å². The molecule has 2 N–H and O–H groups in total. The molecule has 1 aromatic carbocycles. The summed E-state index contributed by atoms with van der Waals surface area (Å²) in [7, 11) is 0. The lowest BCUT2D eigenvalue weighted by molar-refractivity contribution is -0.116. The molecule has 1 heterocycles. The summed E-state index contributed by atoms with van der Waals surface area (Å²) in [6.07, 6.45) is 4.13. The minimum Gasteiger partial charge on any atom is -0.444 e. The van der Waals surface area contributed by atoms with Crippen LogP contribution in [0.1, 0.15) is 52.9 Å². The maximum atomic E-state index is 12.2. The first-order valence-corrected chi connectivity index (χ1v) is 9.46. The lowest BCUT2D eigenvalue weighted by Gasteiger charge is -2.30. The predicted octanol–water partition coefficient (Wildman–Crippen LogP) is 3.92. The van der Waals surface area contributed by atoms with Crippen LogP contribution in [0.3, 0.4) is 0 Å². The Bertz CT molecular complexity index is 605. The van der Waals surface area contributed by atoms with Crippen LogP contribution in [0.4, 0.5) is 16.2 Å². The van der Waals surface area contributed by atoms with Crippen LogP contribution in [0.2, 0.25) is 0 Å². The van der Waals surface area contributed by atoms with Gasteiger partial charge in [0.15, 0.2) is 0 Å². The molecule has 144 valence electrons. The van der Waals surface area contributed by atoms with Gasteiger partial charge in [-0.1, -0.05) is 12.1 Å². The van der Waals surface area contributed by atoms with Crippen molar-refractivity contribution in [1.82, 2.24) is 5.32 Å². The molecule has 2 amide bonds. The van der Waals surface area contributed by atoms with Crippen molar-refractivity contribution in [2.75, 3.05) is 29.9 Å². The van der Waals surface area contributed by atoms with Crippen molar-refractivity contribution in [2.24, 2.45) is 0 Å². The molecule has 1 aliphatic rings. The van der Waals surface area contributed by atoms with E-state index >= 15 is 0 Å². The largest absolute Gasteiger partial charge is 0.444 e. The molecule has 0 aliphatic carbocycles. The predicted molar refractivity (Wildman–Crippen MR) is 105 cm³/mol. The van der Waals surface area contributed by atoms with E-state index in [2.05, 4.69) is 21.6 Å². The molecular weight excluding hydrogens is 330 g/mol. The third-order valence-corrected chi connectivity index (χ3v) is 4.12. The van der Waals surface area contributed by atoms with Crippen LogP contribution < -0.4 is 15.5 Å². The number of carbonyl (C=O) groups is 2. The van der Waals surface area contributed by atoms with Crippen molar-refractivity contribution >= 4 is 23.4 Å².